The lowest BCUT2D eigenvalue weighted by atomic mass is 10.0. The molecule has 3 rings (SSSR count). The molecule has 0 aromatic heterocycles. The number of ketones is 1. The van der Waals surface area contributed by atoms with Gasteiger partial charge < -0.3 is 4.74 Å². The van der Waals surface area contributed by atoms with Crippen molar-refractivity contribution in [3.63, 3.8) is 0 Å². The number of carbonyl (C=O) groups excluding carboxylic acids is 1. The van der Waals surface area contributed by atoms with Crippen molar-refractivity contribution in [2.45, 2.75) is 6.54 Å². The Morgan fingerprint density at radius 2 is 1.77 bits per heavy atom. The molecule has 0 radical (unpaired) electrons. The number of morpholine rings is 1. The van der Waals surface area contributed by atoms with Crippen LogP contribution in [-0.2, 0) is 11.3 Å². The molecule has 0 atom stereocenters. The van der Waals surface area contributed by atoms with Gasteiger partial charge in [0.2, 0.25) is 0 Å². The van der Waals surface area contributed by atoms with E-state index in [1.807, 2.05) is 24.3 Å². The molecule has 0 bridgehead atoms. The van der Waals surface area contributed by atoms with E-state index in [1.165, 1.54) is 5.56 Å². The summed E-state index contributed by atoms with van der Waals surface area (Å²) in [5.41, 5.74) is 2.52. The van der Waals surface area contributed by atoms with Gasteiger partial charge in [-0.3, -0.25) is 9.69 Å². The molecule has 0 spiro atoms. The van der Waals surface area contributed by atoms with Crippen LogP contribution in [0.25, 0.3) is 0 Å². The van der Waals surface area contributed by atoms with Gasteiger partial charge in [0.15, 0.2) is 5.78 Å². The summed E-state index contributed by atoms with van der Waals surface area (Å²) in [6, 6.07) is 14.9. The summed E-state index contributed by atoms with van der Waals surface area (Å²) in [7, 11) is 0. The molecule has 4 heteroatoms. The molecule has 1 aliphatic rings. The van der Waals surface area contributed by atoms with Gasteiger partial charge in [0.1, 0.15) is 0 Å². The fraction of sp³-hybridized carbons (Fsp3) is 0.278. The van der Waals surface area contributed by atoms with Crippen molar-refractivity contribution in [1.29, 1.82) is 0 Å². The van der Waals surface area contributed by atoms with Crippen LogP contribution < -0.4 is 0 Å². The molecule has 0 unspecified atom stereocenters. The van der Waals surface area contributed by atoms with Crippen molar-refractivity contribution in [1.82, 2.24) is 4.90 Å². The van der Waals surface area contributed by atoms with Crippen LogP contribution in [0.2, 0.25) is 5.02 Å². The highest BCUT2D eigenvalue weighted by Gasteiger charge is 2.12. The van der Waals surface area contributed by atoms with E-state index >= 15 is 0 Å². The van der Waals surface area contributed by atoms with Crippen LogP contribution in [0.3, 0.4) is 0 Å². The number of nitrogens with zero attached hydrogens (tertiary/aromatic N) is 1. The van der Waals surface area contributed by atoms with Crippen molar-refractivity contribution < 1.29 is 9.53 Å². The maximum absolute atomic E-state index is 12.4. The minimum atomic E-state index is 0.000391. The molecule has 114 valence electrons. The first kappa shape index (κ1) is 15.2. The maximum atomic E-state index is 12.4. The Kier molecular flexibility index (Phi) is 4.88. The van der Waals surface area contributed by atoms with Gasteiger partial charge in [-0.15, -0.1) is 0 Å². The van der Waals surface area contributed by atoms with Gasteiger partial charge in [-0.25, -0.2) is 0 Å². The topological polar surface area (TPSA) is 29.5 Å². The van der Waals surface area contributed by atoms with E-state index in [9.17, 15) is 4.79 Å². The lowest BCUT2D eigenvalue weighted by molar-refractivity contribution is 0.0342. The van der Waals surface area contributed by atoms with Crippen LogP contribution in [-0.4, -0.2) is 37.0 Å². The molecule has 3 nitrogen and oxygen atoms in total. The Bertz CT molecular complexity index is 648. The number of halogens is 1. The average Bonchev–Trinajstić information content (AvgIpc) is 2.56. The molecule has 22 heavy (non-hydrogen) atoms. The predicted octanol–water partition coefficient (Wildman–Crippen LogP) is 3.40. The molecule has 1 fully saturated rings. The zero-order valence-electron chi connectivity index (χ0n) is 12.3. The van der Waals surface area contributed by atoms with E-state index < -0.39 is 0 Å². The number of rotatable bonds is 4. The van der Waals surface area contributed by atoms with Crippen molar-refractivity contribution in [3.05, 3.63) is 70.2 Å². The zero-order valence-corrected chi connectivity index (χ0v) is 13.1. The highest BCUT2D eigenvalue weighted by molar-refractivity contribution is 6.31. The van der Waals surface area contributed by atoms with Gasteiger partial charge in [0.25, 0.3) is 0 Å². The van der Waals surface area contributed by atoms with E-state index in [2.05, 4.69) is 4.90 Å². The summed E-state index contributed by atoms with van der Waals surface area (Å²) in [5, 5.41) is 0.579. The van der Waals surface area contributed by atoms with Crippen molar-refractivity contribution >= 4 is 17.4 Å². The highest BCUT2D eigenvalue weighted by Crippen LogP contribution is 2.16. The summed E-state index contributed by atoms with van der Waals surface area (Å²) < 4.78 is 5.35. The fourth-order valence-corrected chi connectivity index (χ4v) is 2.77. The Morgan fingerprint density at radius 3 is 2.45 bits per heavy atom. The maximum Gasteiger partial charge on any atom is 0.193 e. The summed E-state index contributed by atoms with van der Waals surface area (Å²) in [4.78, 5) is 14.8. The van der Waals surface area contributed by atoms with Gasteiger partial charge in [0, 0.05) is 35.8 Å². The van der Waals surface area contributed by atoms with Gasteiger partial charge in [-0.2, -0.15) is 0 Å². The van der Waals surface area contributed by atoms with Crippen LogP contribution in [0, 0.1) is 0 Å². The third-order valence-electron chi connectivity index (χ3n) is 3.81. The quantitative estimate of drug-likeness (QED) is 0.810. The zero-order chi connectivity index (χ0) is 15.4. The predicted molar refractivity (Wildman–Crippen MR) is 87.4 cm³/mol. The van der Waals surface area contributed by atoms with Gasteiger partial charge in [-0.05, 0) is 17.7 Å². The Labute approximate surface area is 135 Å². The molecular weight excluding hydrogens is 298 g/mol. The number of hydrogen-bond donors (Lipinski definition) is 0. The van der Waals surface area contributed by atoms with E-state index in [-0.39, 0.29) is 5.78 Å². The van der Waals surface area contributed by atoms with Gasteiger partial charge >= 0.3 is 0 Å². The Hall–Kier alpha value is -1.68. The third-order valence-corrected chi connectivity index (χ3v) is 4.05. The van der Waals surface area contributed by atoms with Crippen molar-refractivity contribution in [3.8, 4) is 0 Å². The number of ether oxygens (including phenoxy) is 1. The lowest BCUT2D eigenvalue weighted by Gasteiger charge is -2.26. The minimum Gasteiger partial charge on any atom is -0.379 e. The standard InChI is InChI=1S/C18H18ClNO2/c19-17-3-1-2-16(12-17)18(21)15-6-4-14(5-7-15)13-20-8-10-22-11-9-20/h1-7,12H,8-11,13H2. The Balaban J connectivity index is 1.69. The monoisotopic (exact) mass is 315 g/mol. The second-order valence-corrected chi connectivity index (χ2v) is 5.86. The molecule has 0 aliphatic carbocycles. The van der Waals surface area contributed by atoms with Crippen LogP contribution in [0.15, 0.2) is 48.5 Å². The molecule has 1 saturated heterocycles. The SMILES string of the molecule is O=C(c1ccc(CN2CCOCC2)cc1)c1cccc(Cl)c1. The molecule has 0 saturated carbocycles. The molecular formula is C18H18ClNO2. The summed E-state index contributed by atoms with van der Waals surface area (Å²) in [5.74, 6) is 0.000391. The molecule has 1 aliphatic heterocycles. The van der Waals surface area contributed by atoms with E-state index in [4.69, 9.17) is 16.3 Å². The third kappa shape index (κ3) is 3.74. The number of carbonyl (C=O) groups is 1. The molecule has 0 amide bonds. The first-order chi connectivity index (χ1) is 10.7. The largest absolute Gasteiger partial charge is 0.379 e. The van der Waals surface area contributed by atoms with E-state index in [1.54, 1.807) is 24.3 Å². The van der Waals surface area contributed by atoms with Crippen molar-refractivity contribution in [2.24, 2.45) is 0 Å². The second-order valence-electron chi connectivity index (χ2n) is 5.42. The summed E-state index contributed by atoms with van der Waals surface area (Å²) in [6.45, 7) is 4.41. The van der Waals surface area contributed by atoms with Gasteiger partial charge in [-0.1, -0.05) is 48.0 Å². The molecule has 1 heterocycles. The van der Waals surface area contributed by atoms with Crippen molar-refractivity contribution in [2.75, 3.05) is 26.3 Å². The molecule has 2 aromatic rings. The van der Waals surface area contributed by atoms with E-state index in [0.29, 0.717) is 16.1 Å². The van der Waals surface area contributed by atoms with Gasteiger partial charge in [0.05, 0.1) is 13.2 Å². The first-order valence-electron chi connectivity index (χ1n) is 7.42. The molecule has 2 aromatic carbocycles. The summed E-state index contributed by atoms with van der Waals surface area (Å²) in [6.07, 6.45) is 0. The lowest BCUT2D eigenvalue weighted by Crippen LogP contribution is -2.35. The molecule has 0 N–H and O–H groups in total. The first-order valence-corrected chi connectivity index (χ1v) is 7.79. The second kappa shape index (κ2) is 7.05. The number of hydrogen-bond acceptors (Lipinski definition) is 3. The van der Waals surface area contributed by atoms with Crippen LogP contribution >= 0.6 is 11.6 Å². The number of benzene rings is 2. The van der Waals surface area contributed by atoms with E-state index in [0.717, 1.165) is 32.8 Å². The average molecular weight is 316 g/mol. The van der Waals surface area contributed by atoms with Crippen LogP contribution in [0.5, 0.6) is 0 Å². The normalized spacial score (nSPS) is 15.7. The fourth-order valence-electron chi connectivity index (χ4n) is 2.58. The minimum absolute atomic E-state index is 0.000391. The summed E-state index contributed by atoms with van der Waals surface area (Å²) >= 11 is 5.94. The van der Waals surface area contributed by atoms with Crippen LogP contribution in [0.1, 0.15) is 21.5 Å². The smallest absolute Gasteiger partial charge is 0.193 e. The Morgan fingerprint density at radius 1 is 1.05 bits per heavy atom. The highest BCUT2D eigenvalue weighted by atomic mass is 35.5. The van der Waals surface area contributed by atoms with Crippen LogP contribution in [0.4, 0.5) is 0 Å².